The van der Waals surface area contributed by atoms with Crippen LogP contribution in [0.2, 0.25) is 5.02 Å². The van der Waals surface area contributed by atoms with Crippen LogP contribution in [0.4, 0.5) is 4.39 Å². The standard InChI is InChI=1S/C11H11ClFNO2/c12-9-10(13)7(2-1-3-14)6-8-11(9)16-5-4-15-8/h1-2,6H,3-5,14H2/b2-1+. The van der Waals surface area contributed by atoms with Gasteiger partial charge < -0.3 is 15.2 Å². The second kappa shape index (κ2) is 4.72. The molecule has 3 nitrogen and oxygen atoms in total. The van der Waals surface area contributed by atoms with E-state index in [1.165, 1.54) is 0 Å². The molecule has 1 aromatic carbocycles. The molecule has 86 valence electrons. The van der Waals surface area contributed by atoms with Gasteiger partial charge in [-0.1, -0.05) is 23.8 Å². The predicted molar refractivity (Wildman–Crippen MR) is 60.5 cm³/mol. The summed E-state index contributed by atoms with van der Waals surface area (Å²) in [5, 5.41) is -0.0473. The van der Waals surface area contributed by atoms with Crippen molar-refractivity contribution in [1.29, 1.82) is 0 Å². The molecule has 0 aliphatic carbocycles. The van der Waals surface area contributed by atoms with Gasteiger partial charge >= 0.3 is 0 Å². The average molecular weight is 244 g/mol. The first-order valence-electron chi connectivity index (χ1n) is 4.88. The summed E-state index contributed by atoms with van der Waals surface area (Å²) < 4.78 is 24.3. The van der Waals surface area contributed by atoms with Crippen LogP contribution in [0.25, 0.3) is 6.08 Å². The summed E-state index contributed by atoms with van der Waals surface area (Å²) >= 11 is 5.85. The van der Waals surface area contributed by atoms with Gasteiger partial charge in [-0.15, -0.1) is 0 Å². The molecular formula is C11H11ClFNO2. The van der Waals surface area contributed by atoms with Crippen LogP contribution in [0.3, 0.4) is 0 Å². The molecule has 0 spiro atoms. The topological polar surface area (TPSA) is 44.5 Å². The van der Waals surface area contributed by atoms with E-state index in [2.05, 4.69) is 0 Å². The highest BCUT2D eigenvalue weighted by molar-refractivity contribution is 6.32. The van der Waals surface area contributed by atoms with Gasteiger partial charge in [0.05, 0.1) is 0 Å². The van der Waals surface area contributed by atoms with Crippen LogP contribution in [0.15, 0.2) is 12.1 Å². The summed E-state index contributed by atoms with van der Waals surface area (Å²) in [6.45, 7) is 1.16. The quantitative estimate of drug-likeness (QED) is 0.866. The monoisotopic (exact) mass is 243 g/mol. The molecule has 5 heteroatoms. The Balaban J connectivity index is 2.48. The highest BCUT2D eigenvalue weighted by Gasteiger charge is 2.20. The Kier molecular flexibility index (Phi) is 3.31. The number of benzene rings is 1. The van der Waals surface area contributed by atoms with E-state index in [0.717, 1.165) is 0 Å². The van der Waals surface area contributed by atoms with Gasteiger partial charge in [0.1, 0.15) is 18.2 Å². The van der Waals surface area contributed by atoms with Gasteiger partial charge in [0.2, 0.25) is 0 Å². The first-order chi connectivity index (χ1) is 7.74. The molecule has 0 amide bonds. The average Bonchev–Trinajstić information content (AvgIpc) is 2.32. The summed E-state index contributed by atoms with van der Waals surface area (Å²) in [5.74, 6) is 0.222. The lowest BCUT2D eigenvalue weighted by Crippen LogP contribution is -2.16. The second-order valence-corrected chi connectivity index (χ2v) is 3.63. The zero-order valence-corrected chi connectivity index (χ0v) is 9.26. The van der Waals surface area contributed by atoms with Crippen LogP contribution in [0.1, 0.15) is 5.56 Å². The largest absolute Gasteiger partial charge is 0.486 e. The molecule has 0 saturated heterocycles. The van der Waals surface area contributed by atoms with Crippen molar-refractivity contribution in [3.05, 3.63) is 28.5 Å². The molecule has 16 heavy (non-hydrogen) atoms. The van der Waals surface area contributed by atoms with Crippen molar-refractivity contribution in [3.8, 4) is 11.5 Å². The zero-order chi connectivity index (χ0) is 11.5. The van der Waals surface area contributed by atoms with Crippen molar-refractivity contribution in [3.63, 3.8) is 0 Å². The summed E-state index contributed by atoms with van der Waals surface area (Å²) in [7, 11) is 0. The van der Waals surface area contributed by atoms with Crippen molar-refractivity contribution < 1.29 is 13.9 Å². The van der Waals surface area contributed by atoms with Crippen molar-refractivity contribution in [2.75, 3.05) is 19.8 Å². The highest BCUT2D eigenvalue weighted by atomic mass is 35.5. The first kappa shape index (κ1) is 11.2. The minimum atomic E-state index is -0.518. The van der Waals surface area contributed by atoms with Gasteiger partial charge in [0.25, 0.3) is 0 Å². The molecule has 0 saturated carbocycles. The highest BCUT2D eigenvalue weighted by Crippen LogP contribution is 2.40. The van der Waals surface area contributed by atoms with Crippen LogP contribution < -0.4 is 15.2 Å². The third-order valence-corrected chi connectivity index (χ3v) is 2.51. The molecule has 1 aliphatic heterocycles. The number of hydrogen-bond acceptors (Lipinski definition) is 3. The minimum Gasteiger partial charge on any atom is -0.486 e. The Morgan fingerprint density at radius 3 is 2.94 bits per heavy atom. The number of halogens is 2. The van der Waals surface area contributed by atoms with Crippen LogP contribution in [-0.4, -0.2) is 19.8 Å². The maximum Gasteiger partial charge on any atom is 0.182 e. The molecule has 0 radical (unpaired) electrons. The van der Waals surface area contributed by atoms with Crippen LogP contribution in [-0.2, 0) is 0 Å². The number of hydrogen-bond donors (Lipinski definition) is 1. The first-order valence-corrected chi connectivity index (χ1v) is 5.26. The van der Waals surface area contributed by atoms with E-state index in [9.17, 15) is 4.39 Å². The Hall–Kier alpha value is -1.26. The fourth-order valence-corrected chi connectivity index (χ4v) is 1.71. The third-order valence-electron chi connectivity index (χ3n) is 2.18. The SMILES string of the molecule is NC/C=C/c1cc2c(c(Cl)c1F)OCCO2. The second-order valence-electron chi connectivity index (χ2n) is 3.26. The van der Waals surface area contributed by atoms with Crippen molar-refractivity contribution in [1.82, 2.24) is 0 Å². The molecular weight excluding hydrogens is 233 g/mol. The molecule has 1 aliphatic rings. The molecule has 0 bridgehead atoms. The molecule has 2 N–H and O–H groups in total. The number of rotatable bonds is 2. The van der Waals surface area contributed by atoms with E-state index in [0.29, 0.717) is 31.1 Å². The van der Waals surface area contributed by atoms with E-state index in [1.54, 1.807) is 18.2 Å². The van der Waals surface area contributed by atoms with Gasteiger partial charge in [-0.3, -0.25) is 0 Å². The normalized spacial score (nSPS) is 14.4. The predicted octanol–water partition coefficient (Wildman–Crippen LogP) is 2.22. The molecule has 1 aromatic rings. The Bertz CT molecular complexity index is 434. The smallest absolute Gasteiger partial charge is 0.182 e. The Morgan fingerprint density at radius 1 is 1.44 bits per heavy atom. The van der Waals surface area contributed by atoms with E-state index < -0.39 is 5.82 Å². The summed E-state index contributed by atoms with van der Waals surface area (Å²) in [5.41, 5.74) is 5.65. The van der Waals surface area contributed by atoms with E-state index >= 15 is 0 Å². The van der Waals surface area contributed by atoms with Gasteiger partial charge in [-0.25, -0.2) is 4.39 Å². The van der Waals surface area contributed by atoms with E-state index in [4.69, 9.17) is 26.8 Å². The number of fused-ring (bicyclic) bond motifs is 1. The molecule has 0 unspecified atom stereocenters. The van der Waals surface area contributed by atoms with E-state index in [1.807, 2.05) is 0 Å². The van der Waals surface area contributed by atoms with Crippen LogP contribution in [0.5, 0.6) is 11.5 Å². The lowest BCUT2D eigenvalue weighted by molar-refractivity contribution is 0.171. The van der Waals surface area contributed by atoms with Gasteiger partial charge in [0, 0.05) is 12.1 Å². The third kappa shape index (κ3) is 1.99. The molecule has 0 atom stereocenters. The summed E-state index contributed by atoms with van der Waals surface area (Å²) in [6, 6.07) is 1.56. The Labute approximate surface area is 97.6 Å². The molecule has 0 aromatic heterocycles. The van der Waals surface area contributed by atoms with E-state index in [-0.39, 0.29) is 10.8 Å². The van der Waals surface area contributed by atoms with Gasteiger partial charge in [-0.2, -0.15) is 0 Å². The van der Waals surface area contributed by atoms with Gasteiger partial charge in [-0.05, 0) is 6.07 Å². The summed E-state index contributed by atoms with van der Waals surface area (Å²) in [4.78, 5) is 0. The number of nitrogens with two attached hydrogens (primary N) is 1. The minimum absolute atomic E-state index is 0.0473. The molecule has 1 heterocycles. The van der Waals surface area contributed by atoms with Crippen molar-refractivity contribution in [2.45, 2.75) is 0 Å². The summed E-state index contributed by atoms with van der Waals surface area (Å²) in [6.07, 6.45) is 3.21. The van der Waals surface area contributed by atoms with Gasteiger partial charge in [0.15, 0.2) is 17.3 Å². The Morgan fingerprint density at radius 2 is 2.19 bits per heavy atom. The molecule has 0 fully saturated rings. The maximum atomic E-state index is 13.8. The number of ether oxygens (including phenoxy) is 2. The lowest BCUT2D eigenvalue weighted by atomic mass is 10.1. The fraction of sp³-hybridized carbons (Fsp3) is 0.273. The maximum absolute atomic E-state index is 13.8. The zero-order valence-electron chi connectivity index (χ0n) is 8.50. The molecule has 2 rings (SSSR count). The lowest BCUT2D eigenvalue weighted by Gasteiger charge is -2.20. The van der Waals surface area contributed by atoms with Crippen LogP contribution in [0, 0.1) is 5.82 Å². The van der Waals surface area contributed by atoms with Crippen molar-refractivity contribution >= 4 is 17.7 Å². The van der Waals surface area contributed by atoms with Crippen LogP contribution >= 0.6 is 11.6 Å². The van der Waals surface area contributed by atoms with Crippen molar-refractivity contribution in [2.24, 2.45) is 5.73 Å². The fourth-order valence-electron chi connectivity index (χ4n) is 1.46.